The Bertz CT molecular complexity index is 1060. The zero-order chi connectivity index (χ0) is 28.2. The van der Waals surface area contributed by atoms with E-state index in [0.29, 0.717) is 11.8 Å². The number of hydrogen-bond donors (Lipinski definition) is 1. The van der Waals surface area contributed by atoms with Crippen molar-refractivity contribution in [3.05, 3.63) is 70.8 Å². The van der Waals surface area contributed by atoms with Crippen LogP contribution in [-0.2, 0) is 23.6 Å². The number of piperidine rings is 2. The highest BCUT2D eigenvalue weighted by Gasteiger charge is 2.38. The van der Waals surface area contributed by atoms with Gasteiger partial charge in [-0.2, -0.15) is 26.3 Å². The third-order valence-electron chi connectivity index (χ3n) is 8.10. The molecule has 2 aliphatic heterocycles. The molecular weight excluding hydrogens is 520 g/mol. The summed E-state index contributed by atoms with van der Waals surface area (Å²) in [5.41, 5.74) is -1.98. The number of benzene rings is 2. The molecule has 2 fully saturated rings. The lowest BCUT2D eigenvalue weighted by Crippen LogP contribution is -2.46. The van der Waals surface area contributed by atoms with Gasteiger partial charge in [-0.3, -0.25) is 9.69 Å². The molecule has 0 spiro atoms. The highest BCUT2D eigenvalue weighted by molar-refractivity contribution is 5.83. The van der Waals surface area contributed by atoms with E-state index in [0.717, 1.165) is 56.7 Å². The largest absolute Gasteiger partial charge is 0.416 e. The van der Waals surface area contributed by atoms with Gasteiger partial charge in [0.15, 0.2) is 0 Å². The summed E-state index contributed by atoms with van der Waals surface area (Å²) in [4.78, 5) is 17.3. The summed E-state index contributed by atoms with van der Waals surface area (Å²) < 4.78 is 79.6. The van der Waals surface area contributed by atoms with Gasteiger partial charge in [-0.1, -0.05) is 30.3 Å². The fourth-order valence-electron chi connectivity index (χ4n) is 5.89. The van der Waals surface area contributed by atoms with E-state index < -0.39 is 29.5 Å². The van der Waals surface area contributed by atoms with Gasteiger partial charge in [-0.15, -0.1) is 0 Å². The van der Waals surface area contributed by atoms with Crippen LogP contribution in [0.3, 0.4) is 0 Å². The Morgan fingerprint density at radius 3 is 1.97 bits per heavy atom. The predicted octanol–water partition coefficient (Wildman–Crippen LogP) is 6.18. The number of rotatable bonds is 7. The van der Waals surface area contributed by atoms with Crippen molar-refractivity contribution in [2.45, 2.75) is 50.5 Å². The van der Waals surface area contributed by atoms with E-state index in [1.807, 2.05) is 30.3 Å². The van der Waals surface area contributed by atoms with Crippen LogP contribution < -0.4 is 5.32 Å². The van der Waals surface area contributed by atoms with Gasteiger partial charge >= 0.3 is 12.4 Å². The molecule has 0 aliphatic carbocycles. The summed E-state index contributed by atoms with van der Waals surface area (Å²) in [6, 6.07) is 10.4. The average Bonchev–Trinajstić information content (AvgIpc) is 2.92. The van der Waals surface area contributed by atoms with Gasteiger partial charge in [0.05, 0.1) is 11.1 Å². The number of amides is 1. The molecule has 10 heteroatoms. The van der Waals surface area contributed by atoms with Crippen molar-refractivity contribution in [3.8, 4) is 0 Å². The fraction of sp³-hybridized carbons (Fsp3) is 0.552. The van der Waals surface area contributed by atoms with Crippen LogP contribution in [-0.4, -0.2) is 55.5 Å². The summed E-state index contributed by atoms with van der Waals surface area (Å²) >= 11 is 0. The standard InChI is InChI=1S/C29H35F6N3O/c1-37(14-9-20-17-24(28(30,31)32)19-25(18-20)29(33,34)35)27(39)26(23-5-3-2-4-6-23)38-15-10-22(11-16-38)21-7-12-36-13-8-21/h2-6,17-19,21-22,26,36H,7-16H2,1H3. The highest BCUT2D eigenvalue weighted by atomic mass is 19.4. The number of nitrogens with zero attached hydrogens (tertiary/aromatic N) is 2. The van der Waals surface area contributed by atoms with Crippen molar-refractivity contribution < 1.29 is 31.1 Å². The average molecular weight is 556 g/mol. The summed E-state index contributed by atoms with van der Waals surface area (Å²) in [5, 5.41) is 3.40. The minimum atomic E-state index is -4.91. The van der Waals surface area contributed by atoms with Crippen molar-refractivity contribution >= 4 is 5.91 Å². The summed E-state index contributed by atoms with van der Waals surface area (Å²) in [6.45, 7) is 3.59. The molecule has 4 rings (SSSR count). The maximum Gasteiger partial charge on any atom is 0.416 e. The molecule has 1 amide bonds. The lowest BCUT2D eigenvalue weighted by atomic mass is 9.79. The van der Waals surface area contributed by atoms with Gasteiger partial charge in [0, 0.05) is 13.6 Å². The Hall–Kier alpha value is -2.59. The summed E-state index contributed by atoms with van der Waals surface area (Å²) in [7, 11) is 1.55. The quantitative estimate of drug-likeness (QED) is 0.415. The van der Waals surface area contributed by atoms with Gasteiger partial charge in [-0.25, -0.2) is 0 Å². The zero-order valence-electron chi connectivity index (χ0n) is 22.0. The molecule has 2 aromatic carbocycles. The number of carbonyl (C=O) groups excluding carboxylic acids is 1. The second-order valence-electron chi connectivity index (χ2n) is 10.7. The molecule has 0 aromatic heterocycles. The van der Waals surface area contributed by atoms with Crippen LogP contribution in [0.15, 0.2) is 48.5 Å². The van der Waals surface area contributed by atoms with Gasteiger partial charge in [-0.05, 0) is 99.4 Å². The van der Waals surface area contributed by atoms with Crippen LogP contribution in [0.5, 0.6) is 0 Å². The number of halogens is 6. The summed E-state index contributed by atoms with van der Waals surface area (Å²) in [6.07, 6.45) is -5.62. The lowest BCUT2D eigenvalue weighted by molar-refractivity contribution is -0.143. The number of nitrogens with one attached hydrogen (secondary N) is 1. The topological polar surface area (TPSA) is 35.6 Å². The fourth-order valence-corrected chi connectivity index (χ4v) is 5.89. The van der Waals surface area contributed by atoms with E-state index in [-0.39, 0.29) is 30.5 Å². The van der Waals surface area contributed by atoms with Crippen LogP contribution >= 0.6 is 0 Å². The third kappa shape index (κ3) is 7.54. The zero-order valence-corrected chi connectivity index (χ0v) is 22.0. The number of alkyl halides is 6. The molecule has 2 heterocycles. The second-order valence-corrected chi connectivity index (χ2v) is 10.7. The molecule has 1 N–H and O–H groups in total. The third-order valence-corrected chi connectivity index (χ3v) is 8.10. The molecule has 1 atom stereocenters. The number of carbonyl (C=O) groups is 1. The number of likely N-dealkylation sites (N-methyl/N-ethyl adjacent to an activating group) is 1. The number of hydrogen-bond acceptors (Lipinski definition) is 3. The first-order valence-electron chi connectivity index (χ1n) is 13.5. The van der Waals surface area contributed by atoms with Gasteiger partial charge < -0.3 is 10.2 Å². The van der Waals surface area contributed by atoms with E-state index in [2.05, 4.69) is 10.2 Å². The smallest absolute Gasteiger partial charge is 0.344 e. The van der Waals surface area contributed by atoms with E-state index in [1.165, 1.54) is 17.7 Å². The van der Waals surface area contributed by atoms with E-state index in [9.17, 15) is 31.1 Å². The molecule has 214 valence electrons. The van der Waals surface area contributed by atoms with E-state index in [1.54, 1.807) is 7.05 Å². The van der Waals surface area contributed by atoms with Gasteiger partial charge in [0.1, 0.15) is 6.04 Å². The lowest BCUT2D eigenvalue weighted by Gasteiger charge is -2.41. The first kappa shape index (κ1) is 29.4. The molecule has 2 aliphatic rings. The van der Waals surface area contributed by atoms with E-state index in [4.69, 9.17) is 0 Å². The molecule has 2 saturated heterocycles. The molecule has 2 aromatic rings. The normalized spacial score (nSPS) is 19.2. The van der Waals surface area contributed by atoms with Crippen molar-refractivity contribution in [2.75, 3.05) is 39.8 Å². The molecule has 0 saturated carbocycles. The van der Waals surface area contributed by atoms with E-state index >= 15 is 0 Å². The van der Waals surface area contributed by atoms with Crippen LogP contribution in [0.1, 0.15) is 54.0 Å². The monoisotopic (exact) mass is 555 g/mol. The SMILES string of the molecule is CN(CCc1cc(C(F)(F)F)cc(C(F)(F)F)c1)C(=O)C(c1ccccc1)N1CCC(C2CCNCC2)CC1. The Morgan fingerprint density at radius 2 is 1.44 bits per heavy atom. The van der Waals surface area contributed by atoms with Crippen molar-refractivity contribution in [2.24, 2.45) is 11.8 Å². The molecule has 4 nitrogen and oxygen atoms in total. The minimum absolute atomic E-state index is 0.00763. The van der Waals surface area contributed by atoms with Crippen molar-refractivity contribution in [3.63, 3.8) is 0 Å². The van der Waals surface area contributed by atoms with Gasteiger partial charge in [0.25, 0.3) is 0 Å². The molecule has 1 unspecified atom stereocenters. The Morgan fingerprint density at radius 1 is 0.897 bits per heavy atom. The summed E-state index contributed by atoms with van der Waals surface area (Å²) in [5.74, 6) is 1.09. The Kier molecular flexibility index (Phi) is 9.26. The van der Waals surface area contributed by atoms with Gasteiger partial charge in [0.2, 0.25) is 5.91 Å². The van der Waals surface area contributed by atoms with Crippen LogP contribution in [0, 0.1) is 11.8 Å². The number of likely N-dealkylation sites (tertiary alicyclic amines) is 1. The second kappa shape index (κ2) is 12.3. The highest BCUT2D eigenvalue weighted by Crippen LogP contribution is 2.37. The Labute approximate surface area is 225 Å². The van der Waals surface area contributed by atoms with Crippen molar-refractivity contribution in [1.29, 1.82) is 0 Å². The molecule has 0 bridgehead atoms. The minimum Gasteiger partial charge on any atom is -0.344 e. The Balaban J connectivity index is 1.47. The van der Waals surface area contributed by atoms with Crippen molar-refractivity contribution in [1.82, 2.24) is 15.1 Å². The predicted molar refractivity (Wildman–Crippen MR) is 137 cm³/mol. The first-order valence-corrected chi connectivity index (χ1v) is 13.5. The maximum absolute atomic E-state index is 13.7. The van der Waals surface area contributed by atoms with Crippen LogP contribution in [0.4, 0.5) is 26.3 Å². The molecular formula is C29H35F6N3O. The van der Waals surface area contributed by atoms with Crippen LogP contribution in [0.25, 0.3) is 0 Å². The maximum atomic E-state index is 13.7. The first-order chi connectivity index (χ1) is 18.4. The molecule has 0 radical (unpaired) electrons. The molecule has 39 heavy (non-hydrogen) atoms. The van der Waals surface area contributed by atoms with Crippen LogP contribution in [0.2, 0.25) is 0 Å².